The van der Waals surface area contributed by atoms with Gasteiger partial charge in [-0.05, 0) is 43.5 Å². The maximum absolute atomic E-state index is 6.54. The lowest BCUT2D eigenvalue weighted by Crippen LogP contribution is -2.49. The van der Waals surface area contributed by atoms with Gasteiger partial charge >= 0.3 is 0 Å². The molecule has 0 unspecified atom stereocenters. The van der Waals surface area contributed by atoms with E-state index in [4.69, 9.17) is 26.1 Å². The largest absolute Gasteiger partial charge is 0.494 e. The average molecular weight is 622 g/mol. The molecular formula is C30H36ClN9O2S. The number of rotatable bonds is 9. The lowest BCUT2D eigenvalue weighted by atomic mass is 10.0. The molecule has 2 aliphatic rings. The number of aryl methyl sites for hydroxylation is 1. The van der Waals surface area contributed by atoms with Crippen molar-refractivity contribution in [2.75, 3.05) is 73.0 Å². The van der Waals surface area contributed by atoms with E-state index >= 15 is 0 Å². The molecule has 43 heavy (non-hydrogen) atoms. The molecule has 0 amide bonds. The van der Waals surface area contributed by atoms with Crippen LogP contribution < -0.4 is 25.0 Å². The van der Waals surface area contributed by atoms with Crippen LogP contribution in [0.5, 0.6) is 5.75 Å². The van der Waals surface area contributed by atoms with Crippen molar-refractivity contribution < 1.29 is 9.47 Å². The van der Waals surface area contributed by atoms with Crippen molar-refractivity contribution in [3.8, 4) is 5.75 Å². The summed E-state index contributed by atoms with van der Waals surface area (Å²) in [5.74, 6) is 1.58. The summed E-state index contributed by atoms with van der Waals surface area (Å²) in [7, 11) is 1.68. The van der Waals surface area contributed by atoms with Gasteiger partial charge in [-0.25, -0.2) is 4.98 Å². The zero-order valence-corrected chi connectivity index (χ0v) is 26.1. The number of nitrogens with zero attached hydrogens (tertiary/aromatic N) is 6. The Morgan fingerprint density at radius 1 is 1.00 bits per heavy atom. The van der Waals surface area contributed by atoms with Crippen molar-refractivity contribution in [3.63, 3.8) is 0 Å². The molecule has 2 aliphatic heterocycles. The number of nitrogens with one attached hydrogen (secondary N) is 3. The van der Waals surface area contributed by atoms with Gasteiger partial charge in [0.2, 0.25) is 5.95 Å². The average Bonchev–Trinajstić information content (AvgIpc) is 3.04. The third-order valence-corrected chi connectivity index (χ3v) is 8.66. The number of aromatic nitrogens is 4. The summed E-state index contributed by atoms with van der Waals surface area (Å²) in [4.78, 5) is 23.1. The van der Waals surface area contributed by atoms with Gasteiger partial charge in [0.25, 0.3) is 0 Å². The minimum atomic E-state index is 0.388. The van der Waals surface area contributed by atoms with Gasteiger partial charge in [-0.15, -0.1) is 0 Å². The molecule has 0 radical (unpaired) electrons. The molecule has 3 N–H and O–H groups in total. The fraction of sp³-hybridized carbons (Fsp3) is 0.400. The molecule has 0 aliphatic carbocycles. The first kappa shape index (κ1) is 29.5. The minimum absolute atomic E-state index is 0.388. The highest BCUT2D eigenvalue weighted by molar-refractivity contribution is 7.99. The van der Waals surface area contributed by atoms with E-state index in [-0.39, 0.29) is 0 Å². The fourth-order valence-electron chi connectivity index (χ4n) is 5.81. The molecule has 4 aromatic rings. The monoisotopic (exact) mass is 621 g/mol. The number of anilines is 6. The van der Waals surface area contributed by atoms with Gasteiger partial charge in [-0.3, -0.25) is 14.9 Å². The normalized spacial score (nSPS) is 16.3. The number of morpholine rings is 1. The van der Waals surface area contributed by atoms with E-state index in [1.54, 1.807) is 25.7 Å². The Morgan fingerprint density at radius 3 is 2.56 bits per heavy atom. The lowest BCUT2D eigenvalue weighted by Gasteiger charge is -2.41. The summed E-state index contributed by atoms with van der Waals surface area (Å²) in [5.41, 5.74) is 6.23. The third kappa shape index (κ3) is 6.52. The quantitative estimate of drug-likeness (QED) is 0.194. The smallest absolute Gasteiger partial charge is 0.229 e. The summed E-state index contributed by atoms with van der Waals surface area (Å²) in [6.07, 6.45) is 9.17. The van der Waals surface area contributed by atoms with Gasteiger partial charge in [-0.2, -0.15) is 4.98 Å². The summed E-state index contributed by atoms with van der Waals surface area (Å²) in [5, 5.41) is 7.08. The molecular weight excluding hydrogens is 586 g/mol. The first-order valence-corrected chi connectivity index (χ1v) is 16.0. The fourth-order valence-corrected chi connectivity index (χ4v) is 6.36. The van der Waals surface area contributed by atoms with Crippen LogP contribution in [0.25, 0.3) is 11.0 Å². The Labute approximate surface area is 260 Å². The summed E-state index contributed by atoms with van der Waals surface area (Å²) >= 11 is 8.01. The van der Waals surface area contributed by atoms with Crippen LogP contribution in [0, 0.1) is 6.92 Å². The number of halogens is 1. The Morgan fingerprint density at radius 2 is 1.79 bits per heavy atom. The van der Waals surface area contributed by atoms with Crippen LogP contribution in [0.1, 0.15) is 18.4 Å². The number of hydrogen-bond donors (Lipinski definition) is 3. The van der Waals surface area contributed by atoms with Crippen molar-refractivity contribution >= 4 is 69.1 Å². The second kappa shape index (κ2) is 13.4. The van der Waals surface area contributed by atoms with Gasteiger partial charge < -0.3 is 29.7 Å². The highest BCUT2D eigenvalue weighted by Crippen LogP contribution is 2.38. The predicted molar refractivity (Wildman–Crippen MR) is 176 cm³/mol. The van der Waals surface area contributed by atoms with Crippen LogP contribution in [-0.4, -0.2) is 83.6 Å². The van der Waals surface area contributed by atoms with Crippen LogP contribution in [0.4, 0.5) is 34.5 Å². The first-order valence-electron chi connectivity index (χ1n) is 14.4. The van der Waals surface area contributed by atoms with Crippen LogP contribution in [0.3, 0.4) is 0 Å². The zero-order valence-electron chi connectivity index (χ0n) is 24.6. The molecule has 2 fully saturated rings. The standard InChI is InChI=1S/C30H36ClN9O2S/c1-19-16-24(26(41-2)17-25(19)40-10-6-20(7-11-40)39-12-14-42-15-13-39)36-30-34-18-21(31)29(37-30)35-23-5-4-22-27(28(23)38-43-3)33-9-8-32-22/h4-5,8-9,16-18,20,38H,6-7,10-15H2,1-3H3,(H2,34,35,36,37). The molecule has 0 atom stereocenters. The minimum Gasteiger partial charge on any atom is -0.494 e. The van der Waals surface area contributed by atoms with E-state index in [2.05, 4.69) is 59.2 Å². The Kier molecular flexibility index (Phi) is 9.17. The second-order valence-corrected chi connectivity index (χ2v) is 11.6. The number of piperidine rings is 1. The number of benzene rings is 2. The van der Waals surface area contributed by atoms with Crippen molar-refractivity contribution in [2.45, 2.75) is 25.8 Å². The Bertz CT molecular complexity index is 1580. The lowest BCUT2D eigenvalue weighted by molar-refractivity contribution is 0.0115. The van der Waals surface area contributed by atoms with Crippen molar-refractivity contribution in [1.29, 1.82) is 0 Å². The molecule has 6 rings (SSSR count). The van der Waals surface area contributed by atoms with E-state index in [1.165, 1.54) is 17.6 Å². The first-order chi connectivity index (χ1) is 21.0. The van der Waals surface area contributed by atoms with Gasteiger partial charge in [-0.1, -0.05) is 23.5 Å². The number of fused-ring (bicyclic) bond motifs is 1. The van der Waals surface area contributed by atoms with Crippen LogP contribution in [0.2, 0.25) is 5.02 Å². The Balaban J connectivity index is 1.20. The number of methoxy groups -OCH3 is 1. The molecule has 226 valence electrons. The second-order valence-electron chi connectivity index (χ2n) is 10.6. The molecule has 0 saturated carbocycles. The molecule has 11 nitrogen and oxygen atoms in total. The summed E-state index contributed by atoms with van der Waals surface area (Å²) in [6.45, 7) is 7.92. The SMILES string of the molecule is COc1cc(N2CCC(N3CCOCC3)CC2)c(C)cc1Nc1ncc(Cl)c(Nc2ccc3nccnc3c2NSC)n1. The van der Waals surface area contributed by atoms with E-state index < -0.39 is 0 Å². The van der Waals surface area contributed by atoms with Gasteiger partial charge in [0.15, 0.2) is 5.82 Å². The highest BCUT2D eigenvalue weighted by atomic mass is 35.5. The summed E-state index contributed by atoms with van der Waals surface area (Å²) in [6, 6.07) is 8.66. The molecule has 4 heterocycles. The van der Waals surface area contributed by atoms with Crippen LogP contribution >= 0.6 is 23.5 Å². The number of ether oxygens (including phenoxy) is 2. The zero-order chi connectivity index (χ0) is 29.8. The molecule has 0 bridgehead atoms. The van der Waals surface area contributed by atoms with E-state index in [0.717, 1.165) is 91.6 Å². The molecule has 2 aromatic carbocycles. The predicted octanol–water partition coefficient (Wildman–Crippen LogP) is 5.87. The Hall–Kier alpha value is -3.58. The highest BCUT2D eigenvalue weighted by Gasteiger charge is 2.27. The maximum Gasteiger partial charge on any atom is 0.229 e. The summed E-state index contributed by atoms with van der Waals surface area (Å²) < 4.78 is 14.7. The van der Waals surface area contributed by atoms with Crippen molar-refractivity contribution in [1.82, 2.24) is 24.8 Å². The van der Waals surface area contributed by atoms with Gasteiger partial charge in [0.05, 0.1) is 49.1 Å². The van der Waals surface area contributed by atoms with Crippen molar-refractivity contribution in [3.05, 3.63) is 53.4 Å². The molecule has 2 aromatic heterocycles. The molecule has 0 spiro atoms. The number of hydrogen-bond acceptors (Lipinski definition) is 12. The maximum atomic E-state index is 6.54. The molecule has 2 saturated heterocycles. The van der Waals surface area contributed by atoms with Crippen LogP contribution in [0.15, 0.2) is 42.9 Å². The third-order valence-electron chi connectivity index (χ3n) is 7.97. The van der Waals surface area contributed by atoms with Crippen LogP contribution in [-0.2, 0) is 4.74 Å². The van der Waals surface area contributed by atoms with E-state index in [0.29, 0.717) is 22.8 Å². The topological polar surface area (TPSA) is 113 Å². The van der Waals surface area contributed by atoms with Crippen molar-refractivity contribution in [2.24, 2.45) is 0 Å². The molecule has 13 heteroatoms. The van der Waals surface area contributed by atoms with E-state index in [1.807, 2.05) is 18.4 Å². The van der Waals surface area contributed by atoms with E-state index in [9.17, 15) is 0 Å². The van der Waals surface area contributed by atoms with Gasteiger partial charge in [0, 0.05) is 62.6 Å². The van der Waals surface area contributed by atoms with Gasteiger partial charge in [0.1, 0.15) is 16.3 Å².